The number of hydrogen-bond acceptors (Lipinski definition) is 1. The topological polar surface area (TPSA) is 3.24 Å². The lowest BCUT2D eigenvalue weighted by molar-refractivity contribution is 0.301. The van der Waals surface area contributed by atoms with Gasteiger partial charge in [0.1, 0.15) is 0 Å². The lowest BCUT2D eigenvalue weighted by atomic mass is 9.41. The summed E-state index contributed by atoms with van der Waals surface area (Å²) in [7, 11) is 0. The molecule has 1 nitrogen and oxygen atoms in total. The zero-order valence-corrected chi connectivity index (χ0v) is 16.3. The van der Waals surface area contributed by atoms with E-state index >= 15 is 0 Å². The molecule has 0 amide bonds. The Balaban J connectivity index is 1.91. The van der Waals surface area contributed by atoms with Crippen molar-refractivity contribution in [1.29, 1.82) is 0 Å². The molecule has 26 heavy (non-hydrogen) atoms. The van der Waals surface area contributed by atoms with Crippen LogP contribution in [0.5, 0.6) is 0 Å². The molecule has 0 radical (unpaired) electrons. The monoisotopic (exact) mass is 341 g/mol. The quantitative estimate of drug-likeness (QED) is 0.615. The molecule has 0 bridgehead atoms. The molecule has 0 fully saturated rings. The Bertz CT molecular complexity index is 809. The highest BCUT2D eigenvalue weighted by Gasteiger charge is 2.43. The van der Waals surface area contributed by atoms with E-state index in [-0.39, 0.29) is 0 Å². The van der Waals surface area contributed by atoms with E-state index in [1.807, 2.05) is 0 Å². The molecule has 4 rings (SSSR count). The first kappa shape index (κ1) is 17.4. The standard InChI is InChI=1S/C24H28BN/c1-17(2)26(18(3)4)25(19-11-5-6-12-19)24-22-15-9-7-13-20(22)21-14-8-10-16-23(21)24/h5-11,13-18,24H,12H2,1-4H3. The summed E-state index contributed by atoms with van der Waals surface area (Å²) < 4.78 is 0. The third kappa shape index (κ3) is 2.77. The summed E-state index contributed by atoms with van der Waals surface area (Å²) in [6.07, 6.45) is 7.95. The van der Waals surface area contributed by atoms with E-state index in [0.29, 0.717) is 24.7 Å². The molecule has 132 valence electrons. The summed E-state index contributed by atoms with van der Waals surface area (Å²) in [5.74, 6) is 0.401. The summed E-state index contributed by atoms with van der Waals surface area (Å²) in [6.45, 7) is 9.74. The van der Waals surface area contributed by atoms with Crippen molar-refractivity contribution in [2.75, 3.05) is 0 Å². The Morgan fingerprint density at radius 2 is 1.38 bits per heavy atom. The second-order valence-electron chi connectivity index (χ2n) is 8.11. The number of allylic oxidation sites excluding steroid dienone is 4. The smallest absolute Gasteiger partial charge is 0.266 e. The van der Waals surface area contributed by atoms with Crippen molar-refractivity contribution in [2.45, 2.75) is 52.0 Å². The van der Waals surface area contributed by atoms with Crippen LogP contribution in [0.4, 0.5) is 0 Å². The van der Waals surface area contributed by atoms with Gasteiger partial charge in [-0.1, -0.05) is 99.9 Å². The van der Waals surface area contributed by atoms with Crippen LogP contribution < -0.4 is 0 Å². The molecular formula is C24H28BN. The van der Waals surface area contributed by atoms with Crippen LogP contribution in [0.25, 0.3) is 11.1 Å². The van der Waals surface area contributed by atoms with Gasteiger partial charge in [-0.3, -0.25) is 0 Å². The highest BCUT2D eigenvalue weighted by molar-refractivity contribution is 6.67. The van der Waals surface area contributed by atoms with E-state index in [2.05, 4.69) is 99.3 Å². The van der Waals surface area contributed by atoms with Gasteiger partial charge in [0.15, 0.2) is 0 Å². The number of fused-ring (bicyclic) bond motifs is 3. The molecule has 0 atom stereocenters. The average molecular weight is 341 g/mol. The third-order valence-corrected chi connectivity index (χ3v) is 5.89. The van der Waals surface area contributed by atoms with Crippen LogP contribution in [0.15, 0.2) is 72.2 Å². The van der Waals surface area contributed by atoms with E-state index in [1.165, 1.54) is 22.3 Å². The van der Waals surface area contributed by atoms with E-state index in [4.69, 9.17) is 0 Å². The number of rotatable bonds is 5. The minimum atomic E-state index is 0.398. The third-order valence-electron chi connectivity index (χ3n) is 5.89. The van der Waals surface area contributed by atoms with Gasteiger partial charge in [-0.25, -0.2) is 0 Å². The molecule has 0 N–H and O–H groups in total. The first-order valence-electron chi connectivity index (χ1n) is 9.91. The molecule has 2 aliphatic rings. The van der Waals surface area contributed by atoms with Crippen molar-refractivity contribution < 1.29 is 0 Å². The van der Waals surface area contributed by atoms with Crippen LogP contribution >= 0.6 is 0 Å². The molecule has 2 aromatic rings. The van der Waals surface area contributed by atoms with E-state index in [0.717, 1.165) is 6.42 Å². The van der Waals surface area contributed by atoms with Gasteiger partial charge >= 0.3 is 0 Å². The fraction of sp³-hybridized carbons (Fsp3) is 0.333. The summed E-state index contributed by atoms with van der Waals surface area (Å²) >= 11 is 0. The van der Waals surface area contributed by atoms with E-state index in [9.17, 15) is 0 Å². The number of hydrogen-bond donors (Lipinski definition) is 0. The Hall–Kier alpha value is -2.06. The van der Waals surface area contributed by atoms with Crippen LogP contribution in [0, 0.1) is 0 Å². The molecule has 0 saturated heterocycles. The Labute approximate surface area is 158 Å². The molecule has 0 aromatic heterocycles. The van der Waals surface area contributed by atoms with Gasteiger partial charge in [0.25, 0.3) is 6.85 Å². The Morgan fingerprint density at radius 3 is 1.85 bits per heavy atom. The van der Waals surface area contributed by atoms with Crippen molar-refractivity contribution in [3.8, 4) is 11.1 Å². The van der Waals surface area contributed by atoms with Crippen molar-refractivity contribution in [2.24, 2.45) is 0 Å². The Morgan fingerprint density at radius 1 is 0.846 bits per heavy atom. The van der Waals surface area contributed by atoms with Gasteiger partial charge in [-0.15, -0.1) is 0 Å². The second kappa shape index (κ2) is 6.93. The summed E-state index contributed by atoms with van der Waals surface area (Å²) in [5, 5.41) is 0. The molecule has 2 aliphatic carbocycles. The highest BCUT2D eigenvalue weighted by atomic mass is 15.1. The summed E-state index contributed by atoms with van der Waals surface area (Å²) in [6, 6.07) is 19.0. The second-order valence-corrected chi connectivity index (χ2v) is 8.11. The maximum absolute atomic E-state index is 2.71. The van der Waals surface area contributed by atoms with Crippen molar-refractivity contribution in [1.82, 2.24) is 4.81 Å². The molecule has 0 spiro atoms. The number of nitrogens with zero attached hydrogens (tertiary/aromatic N) is 1. The molecule has 0 saturated carbocycles. The zero-order chi connectivity index (χ0) is 18.3. The van der Waals surface area contributed by atoms with Crippen LogP contribution in [-0.4, -0.2) is 23.7 Å². The first-order valence-corrected chi connectivity index (χ1v) is 9.91. The largest absolute Gasteiger partial charge is 0.333 e. The van der Waals surface area contributed by atoms with Gasteiger partial charge in [0, 0.05) is 5.82 Å². The minimum absolute atomic E-state index is 0.398. The maximum Gasteiger partial charge on any atom is 0.266 e. The summed E-state index contributed by atoms with van der Waals surface area (Å²) in [5.41, 5.74) is 7.34. The van der Waals surface area contributed by atoms with Gasteiger partial charge in [-0.2, -0.15) is 0 Å². The fourth-order valence-corrected chi connectivity index (χ4v) is 5.03. The normalized spacial score (nSPS) is 15.7. The van der Waals surface area contributed by atoms with Crippen molar-refractivity contribution >= 4 is 6.85 Å². The van der Waals surface area contributed by atoms with Crippen LogP contribution in [0.2, 0.25) is 0 Å². The molecule has 0 aliphatic heterocycles. The van der Waals surface area contributed by atoms with Gasteiger partial charge in [-0.05, 0) is 40.8 Å². The molecular weight excluding hydrogens is 313 g/mol. The number of benzene rings is 2. The molecule has 0 heterocycles. The van der Waals surface area contributed by atoms with Crippen molar-refractivity contribution in [3.63, 3.8) is 0 Å². The fourth-order valence-electron chi connectivity index (χ4n) is 5.03. The predicted molar refractivity (Wildman–Crippen MR) is 113 cm³/mol. The van der Waals surface area contributed by atoms with Gasteiger partial charge in [0.05, 0.1) is 0 Å². The maximum atomic E-state index is 2.71. The van der Waals surface area contributed by atoms with E-state index in [1.54, 1.807) is 5.47 Å². The molecule has 2 heteroatoms. The molecule has 2 aromatic carbocycles. The predicted octanol–water partition coefficient (Wildman–Crippen LogP) is 5.87. The lowest BCUT2D eigenvalue weighted by Gasteiger charge is -2.40. The van der Waals surface area contributed by atoms with Gasteiger partial charge < -0.3 is 4.81 Å². The Kier molecular flexibility index (Phi) is 4.62. The lowest BCUT2D eigenvalue weighted by Crippen LogP contribution is -2.52. The zero-order valence-electron chi connectivity index (χ0n) is 16.3. The van der Waals surface area contributed by atoms with Crippen LogP contribution in [0.3, 0.4) is 0 Å². The highest BCUT2D eigenvalue weighted by Crippen LogP contribution is 2.48. The minimum Gasteiger partial charge on any atom is -0.333 e. The van der Waals surface area contributed by atoms with Crippen molar-refractivity contribution in [3.05, 3.63) is 83.4 Å². The van der Waals surface area contributed by atoms with Crippen LogP contribution in [-0.2, 0) is 0 Å². The van der Waals surface area contributed by atoms with Crippen LogP contribution in [0.1, 0.15) is 51.1 Å². The van der Waals surface area contributed by atoms with E-state index < -0.39 is 0 Å². The molecule has 0 unspecified atom stereocenters. The first-order chi connectivity index (χ1) is 12.6. The summed E-state index contributed by atoms with van der Waals surface area (Å²) in [4.78, 5) is 2.71. The average Bonchev–Trinajstić information content (AvgIpc) is 3.26. The SMILES string of the molecule is CC(C)N(B(C1=CC=CC1)C1c2ccccc2-c2ccccc21)C(C)C. The van der Waals surface area contributed by atoms with Gasteiger partial charge in [0.2, 0.25) is 0 Å².